The van der Waals surface area contributed by atoms with Crippen LogP contribution in [-0.4, -0.2) is 6.54 Å². The van der Waals surface area contributed by atoms with Crippen LogP contribution in [0.4, 0.5) is 8.78 Å². The van der Waals surface area contributed by atoms with Crippen molar-refractivity contribution in [1.82, 2.24) is 5.32 Å². The van der Waals surface area contributed by atoms with Gasteiger partial charge in [-0.1, -0.05) is 18.5 Å². The molecule has 5 heteroatoms. The van der Waals surface area contributed by atoms with E-state index in [9.17, 15) is 8.78 Å². The zero-order valence-electron chi connectivity index (χ0n) is 11.6. The zero-order valence-corrected chi connectivity index (χ0v) is 12.4. The minimum absolute atomic E-state index is 0.143. The predicted molar refractivity (Wildman–Crippen MR) is 79.9 cm³/mol. The van der Waals surface area contributed by atoms with Crippen molar-refractivity contribution in [2.45, 2.75) is 19.9 Å². The Labute approximate surface area is 127 Å². The molecular formula is C16H16ClF2NO. The quantitative estimate of drug-likeness (QED) is 0.765. The van der Waals surface area contributed by atoms with E-state index in [0.717, 1.165) is 24.6 Å². The summed E-state index contributed by atoms with van der Waals surface area (Å²) in [6.07, 6.45) is 1.00. The second-order valence-corrected chi connectivity index (χ2v) is 5.06. The molecule has 0 bridgehead atoms. The van der Waals surface area contributed by atoms with E-state index in [-0.39, 0.29) is 16.6 Å². The molecule has 0 unspecified atom stereocenters. The van der Waals surface area contributed by atoms with E-state index in [0.29, 0.717) is 12.3 Å². The molecule has 2 aromatic rings. The molecule has 2 aromatic carbocycles. The topological polar surface area (TPSA) is 21.3 Å². The maximum absolute atomic E-state index is 13.6. The van der Waals surface area contributed by atoms with Crippen molar-refractivity contribution in [3.63, 3.8) is 0 Å². The summed E-state index contributed by atoms with van der Waals surface area (Å²) >= 11 is 5.89. The minimum Gasteiger partial charge on any atom is -0.456 e. The van der Waals surface area contributed by atoms with Gasteiger partial charge < -0.3 is 10.1 Å². The van der Waals surface area contributed by atoms with Crippen LogP contribution in [0, 0.1) is 11.6 Å². The molecule has 0 saturated carbocycles. The highest BCUT2D eigenvalue weighted by Crippen LogP contribution is 2.30. The lowest BCUT2D eigenvalue weighted by Gasteiger charge is -2.10. The summed E-state index contributed by atoms with van der Waals surface area (Å²) in [7, 11) is 0. The molecule has 0 radical (unpaired) electrons. The second-order valence-electron chi connectivity index (χ2n) is 4.65. The van der Waals surface area contributed by atoms with E-state index < -0.39 is 5.82 Å². The fourth-order valence-corrected chi connectivity index (χ4v) is 2.08. The number of ether oxygens (including phenoxy) is 1. The molecular weight excluding hydrogens is 296 g/mol. The molecule has 0 aliphatic rings. The molecule has 2 nitrogen and oxygen atoms in total. The van der Waals surface area contributed by atoms with Crippen molar-refractivity contribution >= 4 is 11.6 Å². The third-order valence-electron chi connectivity index (χ3n) is 2.81. The largest absolute Gasteiger partial charge is 0.456 e. The van der Waals surface area contributed by atoms with Crippen molar-refractivity contribution in [1.29, 1.82) is 0 Å². The Hall–Kier alpha value is -1.65. The SMILES string of the molecule is CCCNCc1cc(F)cc(Oc2ccc(F)cc2Cl)c1. The van der Waals surface area contributed by atoms with E-state index in [1.54, 1.807) is 6.07 Å². The van der Waals surface area contributed by atoms with Crippen LogP contribution in [-0.2, 0) is 6.54 Å². The van der Waals surface area contributed by atoms with Crippen LogP contribution in [0.3, 0.4) is 0 Å². The first-order chi connectivity index (χ1) is 10.1. The summed E-state index contributed by atoms with van der Waals surface area (Å²) < 4.78 is 32.1. The normalized spacial score (nSPS) is 10.7. The minimum atomic E-state index is -0.448. The summed E-state index contributed by atoms with van der Waals surface area (Å²) in [5, 5.41) is 3.33. The lowest BCUT2D eigenvalue weighted by molar-refractivity contribution is 0.473. The summed E-state index contributed by atoms with van der Waals surface area (Å²) in [5.74, 6) is -0.219. The van der Waals surface area contributed by atoms with Gasteiger partial charge >= 0.3 is 0 Å². The van der Waals surface area contributed by atoms with Gasteiger partial charge in [-0.2, -0.15) is 0 Å². The molecule has 1 N–H and O–H groups in total. The van der Waals surface area contributed by atoms with E-state index in [2.05, 4.69) is 12.2 Å². The molecule has 112 valence electrons. The summed E-state index contributed by atoms with van der Waals surface area (Å²) in [6, 6.07) is 8.25. The molecule has 0 saturated heterocycles. The molecule has 21 heavy (non-hydrogen) atoms. The molecule has 0 amide bonds. The summed E-state index contributed by atoms with van der Waals surface area (Å²) in [6.45, 7) is 3.47. The lowest BCUT2D eigenvalue weighted by atomic mass is 10.2. The molecule has 2 rings (SSSR count). The molecule has 0 atom stereocenters. The van der Waals surface area contributed by atoms with Gasteiger partial charge in [-0.15, -0.1) is 0 Å². The van der Waals surface area contributed by atoms with Crippen molar-refractivity contribution in [2.24, 2.45) is 0 Å². The first kappa shape index (κ1) is 15.7. The maximum atomic E-state index is 13.6. The van der Waals surface area contributed by atoms with Gasteiger partial charge in [0.05, 0.1) is 5.02 Å². The monoisotopic (exact) mass is 311 g/mol. The first-order valence-corrected chi connectivity index (χ1v) is 7.09. The molecule has 0 spiro atoms. The van der Waals surface area contributed by atoms with Gasteiger partial charge in [0.1, 0.15) is 23.1 Å². The van der Waals surface area contributed by atoms with Gasteiger partial charge in [-0.05, 0) is 48.9 Å². The average Bonchev–Trinajstić information content (AvgIpc) is 2.42. The van der Waals surface area contributed by atoms with E-state index in [1.165, 1.54) is 24.3 Å². The van der Waals surface area contributed by atoms with Crippen molar-refractivity contribution < 1.29 is 13.5 Å². The smallest absolute Gasteiger partial charge is 0.146 e. The Bertz CT molecular complexity index is 619. The van der Waals surface area contributed by atoms with E-state index >= 15 is 0 Å². The molecule has 0 fully saturated rings. The van der Waals surface area contributed by atoms with Crippen LogP contribution >= 0.6 is 11.6 Å². The summed E-state index contributed by atoms with van der Waals surface area (Å²) in [5.41, 5.74) is 0.775. The molecule has 0 aliphatic carbocycles. The maximum Gasteiger partial charge on any atom is 0.146 e. The first-order valence-electron chi connectivity index (χ1n) is 6.71. The van der Waals surface area contributed by atoms with Gasteiger partial charge in [-0.25, -0.2) is 8.78 Å². The molecule has 0 aliphatic heterocycles. The van der Waals surface area contributed by atoms with Gasteiger partial charge in [0.2, 0.25) is 0 Å². The second kappa shape index (κ2) is 7.38. The zero-order chi connectivity index (χ0) is 15.2. The predicted octanol–water partition coefficient (Wildman–Crippen LogP) is 4.91. The van der Waals surface area contributed by atoms with Gasteiger partial charge in [0.15, 0.2) is 0 Å². The van der Waals surface area contributed by atoms with Crippen molar-refractivity contribution in [3.8, 4) is 11.5 Å². The van der Waals surface area contributed by atoms with Gasteiger partial charge in [-0.3, -0.25) is 0 Å². The third kappa shape index (κ3) is 4.69. The highest BCUT2D eigenvalue weighted by atomic mass is 35.5. The van der Waals surface area contributed by atoms with E-state index in [1.807, 2.05) is 0 Å². The number of nitrogens with one attached hydrogen (secondary N) is 1. The Morgan fingerprint density at radius 1 is 1.10 bits per heavy atom. The molecule has 0 aromatic heterocycles. The van der Waals surface area contributed by atoms with Gasteiger partial charge in [0.25, 0.3) is 0 Å². The van der Waals surface area contributed by atoms with Crippen LogP contribution in [0.1, 0.15) is 18.9 Å². The average molecular weight is 312 g/mol. The Kier molecular flexibility index (Phi) is 5.53. The Morgan fingerprint density at radius 2 is 1.90 bits per heavy atom. The van der Waals surface area contributed by atoms with Gasteiger partial charge in [0, 0.05) is 12.6 Å². The fraction of sp³-hybridized carbons (Fsp3) is 0.250. The number of rotatable bonds is 6. The molecule has 0 heterocycles. The standard InChI is InChI=1S/C16H16ClF2NO/c1-2-5-20-10-11-6-13(19)8-14(7-11)21-16-4-3-12(18)9-15(16)17/h3-4,6-9,20H,2,5,10H2,1H3. The van der Waals surface area contributed by atoms with Crippen LogP contribution in [0.25, 0.3) is 0 Å². The fourth-order valence-electron chi connectivity index (χ4n) is 1.88. The van der Waals surface area contributed by atoms with Crippen LogP contribution in [0.2, 0.25) is 5.02 Å². The third-order valence-corrected chi connectivity index (χ3v) is 3.10. The lowest BCUT2D eigenvalue weighted by Crippen LogP contribution is -2.13. The highest BCUT2D eigenvalue weighted by Gasteiger charge is 2.07. The van der Waals surface area contributed by atoms with Crippen molar-refractivity contribution in [3.05, 3.63) is 58.6 Å². The number of halogens is 3. The summed E-state index contributed by atoms with van der Waals surface area (Å²) in [4.78, 5) is 0. The number of benzene rings is 2. The number of hydrogen-bond donors (Lipinski definition) is 1. The number of hydrogen-bond acceptors (Lipinski definition) is 2. The van der Waals surface area contributed by atoms with Crippen molar-refractivity contribution in [2.75, 3.05) is 6.54 Å². The highest BCUT2D eigenvalue weighted by molar-refractivity contribution is 6.32. The van der Waals surface area contributed by atoms with Crippen LogP contribution < -0.4 is 10.1 Å². The van der Waals surface area contributed by atoms with E-state index in [4.69, 9.17) is 16.3 Å². The Morgan fingerprint density at radius 3 is 2.62 bits per heavy atom. The van der Waals surface area contributed by atoms with Crippen LogP contribution in [0.15, 0.2) is 36.4 Å². The Balaban J connectivity index is 2.15. The van der Waals surface area contributed by atoms with Crippen LogP contribution in [0.5, 0.6) is 11.5 Å².